The number of carbonyl (C=O) groups excluding carboxylic acids is 1. The number of rotatable bonds is 3. The average molecular weight is 184 g/mol. The number of esters is 1. The van der Waals surface area contributed by atoms with Crippen molar-refractivity contribution >= 4 is 5.97 Å². The minimum atomic E-state index is -0.358. The molecule has 1 aliphatic heterocycles. The van der Waals surface area contributed by atoms with Crippen molar-refractivity contribution in [1.82, 2.24) is 0 Å². The average Bonchev–Trinajstić information content (AvgIpc) is 2.18. The van der Waals surface area contributed by atoms with Crippen LogP contribution in [0, 0.1) is 5.92 Å². The molecule has 0 aliphatic carbocycles. The van der Waals surface area contributed by atoms with E-state index in [1.807, 2.05) is 6.08 Å². The van der Waals surface area contributed by atoms with Crippen LogP contribution in [0.1, 0.15) is 19.3 Å². The van der Waals surface area contributed by atoms with E-state index in [2.05, 4.69) is 11.3 Å². The Labute approximate surface area is 78.7 Å². The molecule has 2 atom stereocenters. The standard InChI is InChI=1S/C10H16O3/c1-3-4-8-5-6-13-9(7-8)10(11)12-2/h3,8-9H,1,4-7H2,2H3. The molecule has 0 aromatic rings. The Morgan fingerprint density at radius 2 is 2.54 bits per heavy atom. The lowest BCUT2D eigenvalue weighted by molar-refractivity contribution is -0.158. The number of carbonyl (C=O) groups is 1. The van der Waals surface area contributed by atoms with Gasteiger partial charge in [-0.05, 0) is 25.2 Å². The fourth-order valence-corrected chi connectivity index (χ4v) is 1.61. The summed E-state index contributed by atoms with van der Waals surface area (Å²) in [7, 11) is 1.39. The van der Waals surface area contributed by atoms with Gasteiger partial charge in [-0.3, -0.25) is 0 Å². The van der Waals surface area contributed by atoms with Crippen molar-refractivity contribution in [3.63, 3.8) is 0 Å². The van der Waals surface area contributed by atoms with E-state index in [-0.39, 0.29) is 12.1 Å². The Bertz CT molecular complexity index is 189. The summed E-state index contributed by atoms with van der Waals surface area (Å²) in [4.78, 5) is 11.1. The maximum absolute atomic E-state index is 11.1. The molecule has 1 fully saturated rings. The van der Waals surface area contributed by atoms with Crippen LogP contribution in [0.15, 0.2) is 12.7 Å². The summed E-state index contributed by atoms with van der Waals surface area (Å²) in [6, 6.07) is 0. The van der Waals surface area contributed by atoms with Crippen LogP contribution in [-0.4, -0.2) is 25.8 Å². The van der Waals surface area contributed by atoms with Gasteiger partial charge in [0.05, 0.1) is 7.11 Å². The van der Waals surface area contributed by atoms with E-state index in [9.17, 15) is 4.79 Å². The van der Waals surface area contributed by atoms with Gasteiger partial charge < -0.3 is 9.47 Å². The van der Waals surface area contributed by atoms with Gasteiger partial charge in [0, 0.05) is 6.61 Å². The van der Waals surface area contributed by atoms with Gasteiger partial charge in [0.1, 0.15) is 0 Å². The summed E-state index contributed by atoms with van der Waals surface area (Å²) in [5.74, 6) is 0.268. The lowest BCUT2D eigenvalue weighted by atomic mass is 9.92. The van der Waals surface area contributed by atoms with Crippen LogP contribution in [0.4, 0.5) is 0 Å². The van der Waals surface area contributed by atoms with Crippen molar-refractivity contribution in [3.05, 3.63) is 12.7 Å². The second-order valence-electron chi connectivity index (χ2n) is 3.30. The first-order valence-corrected chi connectivity index (χ1v) is 4.58. The molecule has 1 heterocycles. The number of hydrogen-bond acceptors (Lipinski definition) is 3. The quantitative estimate of drug-likeness (QED) is 0.493. The van der Waals surface area contributed by atoms with Gasteiger partial charge in [-0.2, -0.15) is 0 Å². The van der Waals surface area contributed by atoms with Crippen molar-refractivity contribution in [2.45, 2.75) is 25.4 Å². The smallest absolute Gasteiger partial charge is 0.334 e. The van der Waals surface area contributed by atoms with Gasteiger partial charge in [0.2, 0.25) is 0 Å². The van der Waals surface area contributed by atoms with Gasteiger partial charge in [0.25, 0.3) is 0 Å². The summed E-state index contributed by atoms with van der Waals surface area (Å²) < 4.78 is 9.92. The number of allylic oxidation sites excluding steroid dienone is 1. The molecule has 0 radical (unpaired) electrons. The first-order chi connectivity index (χ1) is 6.27. The number of hydrogen-bond donors (Lipinski definition) is 0. The third-order valence-corrected chi connectivity index (χ3v) is 2.36. The van der Waals surface area contributed by atoms with Gasteiger partial charge in [0.15, 0.2) is 6.10 Å². The number of ether oxygens (including phenoxy) is 2. The van der Waals surface area contributed by atoms with Crippen molar-refractivity contribution < 1.29 is 14.3 Å². The van der Waals surface area contributed by atoms with Crippen LogP contribution >= 0.6 is 0 Å². The third kappa shape index (κ3) is 2.84. The Kier molecular flexibility index (Phi) is 3.96. The minimum absolute atomic E-state index is 0.256. The highest BCUT2D eigenvalue weighted by Gasteiger charge is 2.27. The fraction of sp³-hybridized carbons (Fsp3) is 0.700. The molecule has 1 rings (SSSR count). The van der Waals surface area contributed by atoms with Crippen LogP contribution in [0.25, 0.3) is 0 Å². The zero-order valence-corrected chi connectivity index (χ0v) is 7.99. The van der Waals surface area contributed by atoms with Crippen molar-refractivity contribution in [2.75, 3.05) is 13.7 Å². The Morgan fingerprint density at radius 1 is 1.77 bits per heavy atom. The summed E-state index contributed by atoms with van der Waals surface area (Å²) in [5.41, 5.74) is 0. The van der Waals surface area contributed by atoms with Gasteiger partial charge in [-0.25, -0.2) is 4.79 Å². The van der Waals surface area contributed by atoms with E-state index in [0.29, 0.717) is 12.5 Å². The summed E-state index contributed by atoms with van der Waals surface area (Å²) in [6.07, 6.45) is 4.27. The molecular weight excluding hydrogens is 168 g/mol. The fourth-order valence-electron chi connectivity index (χ4n) is 1.61. The van der Waals surface area contributed by atoms with Crippen molar-refractivity contribution in [1.29, 1.82) is 0 Å². The van der Waals surface area contributed by atoms with Crippen LogP contribution in [0.3, 0.4) is 0 Å². The van der Waals surface area contributed by atoms with Gasteiger partial charge in [-0.15, -0.1) is 6.58 Å². The van der Waals surface area contributed by atoms with Crippen molar-refractivity contribution in [2.24, 2.45) is 5.92 Å². The highest BCUT2D eigenvalue weighted by Crippen LogP contribution is 2.23. The molecule has 0 amide bonds. The lowest BCUT2D eigenvalue weighted by Gasteiger charge is -2.26. The molecule has 3 heteroatoms. The Hall–Kier alpha value is -0.830. The molecule has 13 heavy (non-hydrogen) atoms. The zero-order valence-electron chi connectivity index (χ0n) is 7.99. The molecule has 0 N–H and O–H groups in total. The SMILES string of the molecule is C=CCC1CCOC(C(=O)OC)C1. The van der Waals surface area contributed by atoms with Crippen LogP contribution in [0.2, 0.25) is 0 Å². The summed E-state index contributed by atoms with van der Waals surface area (Å²) >= 11 is 0. The topological polar surface area (TPSA) is 35.5 Å². The maximum atomic E-state index is 11.1. The third-order valence-electron chi connectivity index (χ3n) is 2.36. The molecule has 0 saturated carbocycles. The van der Waals surface area contributed by atoms with Gasteiger partial charge >= 0.3 is 5.97 Å². The molecule has 1 saturated heterocycles. The minimum Gasteiger partial charge on any atom is -0.467 e. The summed E-state index contributed by atoms with van der Waals surface area (Å²) in [5, 5.41) is 0. The first-order valence-electron chi connectivity index (χ1n) is 4.58. The second kappa shape index (κ2) is 5.02. The highest BCUT2D eigenvalue weighted by molar-refractivity contribution is 5.74. The molecule has 74 valence electrons. The van der Waals surface area contributed by atoms with Crippen LogP contribution in [0.5, 0.6) is 0 Å². The normalized spacial score (nSPS) is 28.1. The molecule has 0 aromatic carbocycles. The largest absolute Gasteiger partial charge is 0.467 e. The van der Waals surface area contributed by atoms with E-state index < -0.39 is 0 Å². The molecule has 0 aromatic heterocycles. The van der Waals surface area contributed by atoms with E-state index in [4.69, 9.17) is 4.74 Å². The predicted molar refractivity (Wildman–Crippen MR) is 49.3 cm³/mol. The second-order valence-corrected chi connectivity index (χ2v) is 3.30. The Morgan fingerprint density at radius 3 is 3.15 bits per heavy atom. The van der Waals surface area contributed by atoms with Gasteiger partial charge in [-0.1, -0.05) is 6.08 Å². The number of methoxy groups -OCH3 is 1. The van der Waals surface area contributed by atoms with Crippen molar-refractivity contribution in [3.8, 4) is 0 Å². The van der Waals surface area contributed by atoms with E-state index in [1.54, 1.807) is 0 Å². The molecule has 1 aliphatic rings. The first kappa shape index (κ1) is 10.3. The maximum Gasteiger partial charge on any atom is 0.334 e. The Balaban J connectivity index is 2.41. The van der Waals surface area contributed by atoms with Crippen LogP contribution in [-0.2, 0) is 14.3 Å². The zero-order chi connectivity index (χ0) is 9.68. The van der Waals surface area contributed by atoms with Crippen LogP contribution < -0.4 is 0 Å². The molecule has 2 unspecified atom stereocenters. The molecule has 0 spiro atoms. The molecule has 3 nitrogen and oxygen atoms in total. The predicted octanol–water partition coefficient (Wildman–Crippen LogP) is 1.53. The monoisotopic (exact) mass is 184 g/mol. The highest BCUT2D eigenvalue weighted by atomic mass is 16.6. The molecular formula is C10H16O3. The van der Waals surface area contributed by atoms with E-state index in [1.165, 1.54) is 7.11 Å². The van der Waals surface area contributed by atoms with E-state index >= 15 is 0 Å². The molecule has 0 bridgehead atoms. The van der Waals surface area contributed by atoms with E-state index in [0.717, 1.165) is 19.3 Å². The lowest BCUT2D eigenvalue weighted by Crippen LogP contribution is -2.33. The summed E-state index contributed by atoms with van der Waals surface area (Å²) in [6.45, 7) is 4.34.